The molecule has 3 aromatic rings. The van der Waals surface area contributed by atoms with E-state index in [4.69, 9.17) is 16.0 Å². The molecule has 8 heteroatoms. The van der Waals surface area contributed by atoms with Gasteiger partial charge in [-0.25, -0.2) is 0 Å². The van der Waals surface area contributed by atoms with Crippen molar-refractivity contribution in [2.45, 2.75) is 38.4 Å². The molecule has 0 radical (unpaired) electrons. The van der Waals surface area contributed by atoms with E-state index >= 15 is 0 Å². The van der Waals surface area contributed by atoms with Crippen LogP contribution in [0.15, 0.2) is 59.0 Å². The summed E-state index contributed by atoms with van der Waals surface area (Å²) in [7, 11) is 0. The number of carbonyl (C=O) groups excluding carboxylic acids is 2. The van der Waals surface area contributed by atoms with Crippen molar-refractivity contribution in [3.63, 3.8) is 0 Å². The average Bonchev–Trinajstić information content (AvgIpc) is 3.43. The Kier molecular flexibility index (Phi) is 5.66. The van der Waals surface area contributed by atoms with Gasteiger partial charge in [-0.05, 0) is 30.5 Å². The lowest BCUT2D eigenvalue weighted by atomic mass is 10.1. The zero-order valence-corrected chi connectivity index (χ0v) is 18.2. The third kappa shape index (κ3) is 4.39. The van der Waals surface area contributed by atoms with E-state index < -0.39 is 0 Å². The number of hydrogen-bond acceptors (Lipinski definition) is 5. The van der Waals surface area contributed by atoms with Crippen LogP contribution in [-0.4, -0.2) is 44.4 Å². The summed E-state index contributed by atoms with van der Waals surface area (Å²) in [5, 5.41) is 8.77. The molecule has 2 heterocycles. The van der Waals surface area contributed by atoms with Crippen LogP contribution in [0.25, 0.3) is 11.5 Å². The summed E-state index contributed by atoms with van der Waals surface area (Å²) < 4.78 is 5.82. The summed E-state index contributed by atoms with van der Waals surface area (Å²) in [6.45, 7) is 1.20. The summed E-state index contributed by atoms with van der Waals surface area (Å²) in [5.74, 6) is 0.345. The molecule has 2 amide bonds. The number of aromatic nitrogens is 2. The highest BCUT2D eigenvalue weighted by Crippen LogP contribution is 2.33. The highest BCUT2D eigenvalue weighted by atomic mass is 35.5. The SMILES string of the molecule is O=C1C[C@H](C(=O)N(Cc2nnc(-c3ccccc3Cl)o2)C2CC2)CN1Cc1ccccc1. The van der Waals surface area contributed by atoms with Crippen LogP contribution in [0.5, 0.6) is 0 Å². The molecule has 0 bridgehead atoms. The van der Waals surface area contributed by atoms with Crippen LogP contribution in [0, 0.1) is 5.92 Å². The summed E-state index contributed by atoms with van der Waals surface area (Å²) in [5.41, 5.74) is 1.72. The number of amides is 2. The first kappa shape index (κ1) is 20.7. The number of benzene rings is 2. The molecular weight excluding hydrogens is 428 g/mol. The second-order valence-electron chi connectivity index (χ2n) is 8.34. The van der Waals surface area contributed by atoms with Crippen molar-refractivity contribution in [3.8, 4) is 11.5 Å². The van der Waals surface area contributed by atoms with Crippen LogP contribution < -0.4 is 0 Å². The van der Waals surface area contributed by atoms with Crippen LogP contribution in [0.1, 0.15) is 30.7 Å². The number of hydrogen-bond donors (Lipinski definition) is 0. The van der Waals surface area contributed by atoms with Gasteiger partial charge in [0.25, 0.3) is 0 Å². The largest absolute Gasteiger partial charge is 0.419 e. The molecule has 0 N–H and O–H groups in total. The van der Waals surface area contributed by atoms with Gasteiger partial charge in [0.1, 0.15) is 0 Å². The second-order valence-corrected chi connectivity index (χ2v) is 8.75. The van der Waals surface area contributed by atoms with Crippen LogP contribution in [-0.2, 0) is 22.7 Å². The van der Waals surface area contributed by atoms with E-state index in [9.17, 15) is 9.59 Å². The van der Waals surface area contributed by atoms with E-state index in [0.717, 1.165) is 18.4 Å². The van der Waals surface area contributed by atoms with Gasteiger partial charge in [0.05, 0.1) is 23.0 Å². The van der Waals surface area contributed by atoms with Crippen LogP contribution in [0.3, 0.4) is 0 Å². The Morgan fingerprint density at radius 3 is 2.59 bits per heavy atom. The van der Waals surface area contributed by atoms with Crippen LogP contribution in [0.2, 0.25) is 5.02 Å². The number of likely N-dealkylation sites (tertiary alicyclic amines) is 1. The molecule has 7 nitrogen and oxygen atoms in total. The summed E-state index contributed by atoms with van der Waals surface area (Å²) >= 11 is 6.23. The number of nitrogens with zero attached hydrogens (tertiary/aromatic N) is 4. The molecule has 1 saturated carbocycles. The van der Waals surface area contributed by atoms with Gasteiger partial charge in [0, 0.05) is 25.6 Å². The molecule has 1 aliphatic carbocycles. The maximum Gasteiger partial charge on any atom is 0.249 e. The Labute approximate surface area is 191 Å². The molecule has 2 fully saturated rings. The topological polar surface area (TPSA) is 79.5 Å². The Morgan fingerprint density at radius 2 is 1.84 bits per heavy atom. The molecule has 1 saturated heterocycles. The van der Waals surface area contributed by atoms with Crippen molar-refractivity contribution >= 4 is 23.4 Å². The fraction of sp³-hybridized carbons (Fsp3) is 0.333. The zero-order valence-electron chi connectivity index (χ0n) is 17.5. The predicted molar refractivity (Wildman–Crippen MR) is 118 cm³/mol. The van der Waals surface area contributed by atoms with Gasteiger partial charge in [-0.2, -0.15) is 0 Å². The molecule has 164 valence electrons. The maximum atomic E-state index is 13.3. The minimum atomic E-state index is -0.349. The van der Waals surface area contributed by atoms with Gasteiger partial charge in [-0.1, -0.05) is 54.1 Å². The monoisotopic (exact) mass is 450 g/mol. The van der Waals surface area contributed by atoms with Crippen LogP contribution >= 0.6 is 11.6 Å². The lowest BCUT2D eigenvalue weighted by Gasteiger charge is -2.24. The van der Waals surface area contributed by atoms with Gasteiger partial charge < -0.3 is 14.2 Å². The third-order valence-corrected chi connectivity index (χ3v) is 6.26. The quantitative estimate of drug-likeness (QED) is 0.545. The van der Waals surface area contributed by atoms with Crippen molar-refractivity contribution in [2.75, 3.05) is 6.54 Å². The molecule has 0 unspecified atom stereocenters. The first-order valence-corrected chi connectivity index (χ1v) is 11.2. The van der Waals surface area contributed by atoms with Gasteiger partial charge in [0.15, 0.2) is 0 Å². The van der Waals surface area contributed by atoms with Gasteiger partial charge in [0.2, 0.25) is 23.6 Å². The second kappa shape index (κ2) is 8.74. The Balaban J connectivity index is 1.27. The highest BCUT2D eigenvalue weighted by molar-refractivity contribution is 6.33. The van der Waals surface area contributed by atoms with Crippen molar-refractivity contribution in [1.82, 2.24) is 20.0 Å². The number of carbonyl (C=O) groups is 2. The molecule has 1 atom stereocenters. The fourth-order valence-corrected chi connectivity index (χ4v) is 4.33. The molecule has 1 aliphatic heterocycles. The Morgan fingerprint density at radius 1 is 1.09 bits per heavy atom. The first-order chi connectivity index (χ1) is 15.6. The van der Waals surface area contributed by atoms with Gasteiger partial charge in [-0.15, -0.1) is 10.2 Å². The Bertz CT molecular complexity index is 1130. The van der Waals surface area contributed by atoms with Crippen molar-refractivity contribution in [2.24, 2.45) is 5.92 Å². The smallest absolute Gasteiger partial charge is 0.249 e. The molecule has 5 rings (SSSR count). The molecule has 2 aromatic carbocycles. The third-order valence-electron chi connectivity index (χ3n) is 5.93. The summed E-state index contributed by atoms with van der Waals surface area (Å²) in [4.78, 5) is 29.5. The lowest BCUT2D eigenvalue weighted by Crippen LogP contribution is -2.38. The van der Waals surface area contributed by atoms with Crippen molar-refractivity contribution in [3.05, 3.63) is 71.1 Å². The maximum absolute atomic E-state index is 13.3. The zero-order chi connectivity index (χ0) is 22.1. The molecule has 2 aliphatic rings. The average molecular weight is 451 g/mol. The van der Waals surface area contributed by atoms with Gasteiger partial charge in [-0.3, -0.25) is 9.59 Å². The summed E-state index contributed by atoms with van der Waals surface area (Å²) in [6, 6.07) is 17.3. The van der Waals surface area contributed by atoms with Crippen LogP contribution in [0.4, 0.5) is 0 Å². The number of rotatable bonds is 7. The standard InChI is InChI=1S/C24H23ClN4O3/c25-20-9-5-4-8-19(20)23-27-26-21(32-23)15-29(18-10-11-18)24(31)17-12-22(30)28(14-17)13-16-6-2-1-3-7-16/h1-9,17-18H,10-15H2/t17-/m0/s1. The molecule has 1 aromatic heterocycles. The molecule has 0 spiro atoms. The van der Waals surface area contributed by atoms with E-state index in [2.05, 4.69) is 10.2 Å². The van der Waals surface area contributed by atoms with E-state index in [1.54, 1.807) is 15.9 Å². The number of halogens is 1. The lowest BCUT2D eigenvalue weighted by molar-refractivity contribution is -0.137. The van der Waals surface area contributed by atoms with E-state index in [1.165, 1.54) is 0 Å². The van der Waals surface area contributed by atoms with Gasteiger partial charge >= 0.3 is 0 Å². The van der Waals surface area contributed by atoms with E-state index in [1.807, 2.05) is 48.5 Å². The summed E-state index contributed by atoms with van der Waals surface area (Å²) in [6.07, 6.45) is 2.14. The van der Waals surface area contributed by atoms with Crippen molar-refractivity contribution < 1.29 is 14.0 Å². The predicted octanol–water partition coefficient (Wildman–Crippen LogP) is 3.93. The van der Waals surface area contributed by atoms with E-state index in [-0.39, 0.29) is 36.7 Å². The Hall–Kier alpha value is -3.19. The molecular formula is C24H23ClN4O3. The van der Waals surface area contributed by atoms with E-state index in [0.29, 0.717) is 35.5 Å². The normalized spacial score (nSPS) is 18.2. The minimum absolute atomic E-state index is 0.0155. The molecule has 32 heavy (non-hydrogen) atoms. The first-order valence-electron chi connectivity index (χ1n) is 10.8. The highest BCUT2D eigenvalue weighted by Gasteiger charge is 2.41. The van der Waals surface area contributed by atoms with Crippen molar-refractivity contribution in [1.29, 1.82) is 0 Å². The minimum Gasteiger partial charge on any atom is -0.419 e. The fourth-order valence-electron chi connectivity index (χ4n) is 4.11.